The van der Waals surface area contributed by atoms with Gasteiger partial charge in [-0.05, 0) is 0 Å². The second kappa shape index (κ2) is 11.7. The molecule has 0 rings (SSSR count). The van der Waals surface area contributed by atoms with Gasteiger partial charge in [0.25, 0.3) is 0 Å². The van der Waals surface area contributed by atoms with E-state index >= 15 is 0 Å². The van der Waals surface area contributed by atoms with Gasteiger partial charge in [-0.1, -0.05) is 11.8 Å². The van der Waals surface area contributed by atoms with E-state index in [2.05, 4.69) is 16.6 Å². The van der Waals surface area contributed by atoms with Crippen LogP contribution in [0.25, 0.3) is 0 Å². The average molecular weight is 149 g/mol. The van der Waals surface area contributed by atoms with Crippen molar-refractivity contribution in [2.45, 2.75) is 0 Å². The maximum Gasteiger partial charge on any atom is 1.00 e. The van der Waals surface area contributed by atoms with Crippen LogP contribution in [0.3, 0.4) is 0 Å². The van der Waals surface area contributed by atoms with Crippen LogP contribution < -0.4 is 29.6 Å². The van der Waals surface area contributed by atoms with Gasteiger partial charge in [0.05, 0.1) is 6.07 Å². The summed E-state index contributed by atoms with van der Waals surface area (Å²) >= 11 is 0. The third-order valence-corrected chi connectivity index (χ3v) is 0.545. The molecule has 1 N–H and O–H groups in total. The number of aliphatic hydroxyl groups is 1. The molecule has 0 aliphatic rings. The van der Waals surface area contributed by atoms with Crippen molar-refractivity contribution in [3.05, 3.63) is 0 Å². The predicted octanol–water partition coefficient (Wildman–Crippen LogP) is -3.36. The molecule has 0 saturated carbocycles. The van der Waals surface area contributed by atoms with Gasteiger partial charge in [-0.2, -0.15) is 5.26 Å². The Hall–Kier alpha value is -0.0300. The van der Waals surface area contributed by atoms with Gasteiger partial charge >= 0.3 is 29.6 Å². The summed E-state index contributed by atoms with van der Waals surface area (Å²) < 4.78 is 4.64. The molecule has 4 heteroatoms. The molecule has 0 heterocycles. The summed E-state index contributed by atoms with van der Waals surface area (Å²) in [6.45, 7) is 0.115. The summed E-state index contributed by atoms with van der Waals surface area (Å²) in [5, 5.41) is 16.1. The molecule has 0 amide bonds. The predicted molar refractivity (Wildman–Crippen MR) is 32.4 cm³/mol. The van der Waals surface area contributed by atoms with E-state index in [1.165, 1.54) is 0 Å². The Bertz CT molecular complexity index is 158. The smallest absolute Gasteiger partial charge is 1.00 e. The number of aliphatic hydroxyl groups excluding tert-OH is 1. The fourth-order valence-electron chi connectivity index (χ4n) is 0.255. The van der Waals surface area contributed by atoms with Gasteiger partial charge in [-0.3, -0.25) is 0 Å². The minimum atomic E-state index is -0.157. The Morgan fingerprint density at radius 1 is 1.40 bits per heavy atom. The largest absolute Gasteiger partial charge is 1.00 e. The molecule has 0 aliphatic heterocycles. The first-order chi connectivity index (χ1) is 4.41. The number of hydrogen-bond acceptors (Lipinski definition) is 3. The first kappa shape index (κ1) is 12.6. The zero-order valence-electron chi connectivity index (χ0n) is 6.92. The van der Waals surface area contributed by atoms with Crippen molar-refractivity contribution < 1.29 is 40.8 Å². The van der Waals surface area contributed by atoms with Crippen LogP contribution in [0.4, 0.5) is 0 Å². The van der Waals surface area contributed by atoms with E-state index in [0.29, 0.717) is 0 Å². The maximum atomic E-state index is 8.13. The summed E-state index contributed by atoms with van der Waals surface area (Å²) in [5.41, 5.74) is 0. The molecule has 0 saturated heterocycles. The van der Waals surface area contributed by atoms with Crippen LogP contribution in [0, 0.1) is 23.2 Å². The number of ether oxygens (including phenoxy) is 1. The molecule has 0 aromatic rings. The van der Waals surface area contributed by atoms with Gasteiger partial charge in [-0.15, -0.1) is 0 Å². The monoisotopic (exact) mass is 149 g/mol. The van der Waals surface area contributed by atoms with Crippen molar-refractivity contribution in [2.24, 2.45) is 0 Å². The van der Waals surface area contributed by atoms with Crippen molar-refractivity contribution in [1.29, 1.82) is 5.26 Å². The van der Waals surface area contributed by atoms with Crippen LogP contribution in [0.5, 0.6) is 0 Å². The summed E-state index contributed by atoms with van der Waals surface area (Å²) in [6.07, 6.45) is 0. The van der Waals surface area contributed by atoms with Crippen LogP contribution in [-0.2, 0) is 4.74 Å². The van der Waals surface area contributed by atoms with Crippen LogP contribution in [0.2, 0.25) is 0 Å². The second-order valence-electron chi connectivity index (χ2n) is 1.16. The quantitative estimate of drug-likeness (QED) is 0.253. The molecule has 50 valence electrons. The average Bonchev–Trinajstić information content (AvgIpc) is 1.89. The molecule has 3 nitrogen and oxygen atoms in total. The molecule has 0 bridgehead atoms. The molecule has 0 atom stereocenters. The van der Waals surface area contributed by atoms with Gasteiger partial charge in [-0.25, -0.2) is 0 Å². The third-order valence-electron chi connectivity index (χ3n) is 0.545. The summed E-state index contributed by atoms with van der Waals surface area (Å²) in [4.78, 5) is 0. The Morgan fingerprint density at radius 2 is 2.10 bits per heavy atom. The second-order valence-corrected chi connectivity index (χ2v) is 1.16. The topological polar surface area (TPSA) is 53.2 Å². The van der Waals surface area contributed by atoms with E-state index < -0.39 is 0 Å². The molecule has 0 spiro atoms. The summed E-state index contributed by atoms with van der Waals surface area (Å²) in [5.74, 6) is 4.87. The summed E-state index contributed by atoms with van der Waals surface area (Å²) in [7, 11) is 0. The van der Waals surface area contributed by atoms with Crippen molar-refractivity contribution in [3.8, 4) is 17.9 Å². The van der Waals surface area contributed by atoms with Crippen LogP contribution in [0.15, 0.2) is 0 Å². The molecule has 0 radical (unpaired) electrons. The van der Waals surface area contributed by atoms with E-state index in [1.807, 2.05) is 0 Å². The summed E-state index contributed by atoms with van der Waals surface area (Å²) in [6, 6.07) is 1.79. The molecule has 0 aliphatic carbocycles. The van der Waals surface area contributed by atoms with Crippen molar-refractivity contribution in [2.75, 3.05) is 19.8 Å². The molecular formula is C6H8NNaO2. The van der Waals surface area contributed by atoms with Crippen molar-refractivity contribution in [1.82, 2.24) is 0 Å². The molecule has 0 fully saturated rings. The molecular weight excluding hydrogens is 141 g/mol. The fourth-order valence-corrected chi connectivity index (χ4v) is 0.255. The zero-order valence-corrected chi connectivity index (χ0v) is 7.92. The Labute approximate surface area is 83.8 Å². The van der Waals surface area contributed by atoms with Crippen molar-refractivity contribution >= 4 is 0 Å². The van der Waals surface area contributed by atoms with E-state index in [1.54, 1.807) is 6.07 Å². The third kappa shape index (κ3) is 10.9. The number of rotatable bonds is 2. The van der Waals surface area contributed by atoms with Gasteiger partial charge in [0.15, 0.2) is 0 Å². The molecule has 10 heavy (non-hydrogen) atoms. The minimum Gasteiger partial charge on any atom is -1.00 e. The van der Waals surface area contributed by atoms with Gasteiger partial charge in [0.2, 0.25) is 0 Å². The van der Waals surface area contributed by atoms with Crippen LogP contribution in [-0.4, -0.2) is 24.9 Å². The maximum absolute atomic E-state index is 8.13. The molecule has 0 aromatic carbocycles. The van der Waals surface area contributed by atoms with E-state index in [0.717, 1.165) is 0 Å². The van der Waals surface area contributed by atoms with Crippen LogP contribution in [0.1, 0.15) is 1.43 Å². The normalized spacial score (nSPS) is 6.40. The number of hydrogen-bond donors (Lipinski definition) is 1. The fraction of sp³-hybridized carbons (Fsp3) is 0.500. The molecule has 0 unspecified atom stereocenters. The SMILES string of the molecule is N#CCOCC#CCO.[H-].[Na+]. The van der Waals surface area contributed by atoms with Crippen LogP contribution >= 0.6 is 0 Å². The van der Waals surface area contributed by atoms with E-state index in [4.69, 9.17) is 10.4 Å². The molecule has 0 aromatic heterocycles. The van der Waals surface area contributed by atoms with E-state index in [-0.39, 0.29) is 50.8 Å². The standard InChI is InChI=1S/C6H7NO2.Na.H/c7-3-6-9-5-2-1-4-8;;/h8H,4-6H2;;/q;+1;-1. The Kier molecular flexibility index (Phi) is 14.8. The minimum absolute atomic E-state index is 0. The number of nitrogens with zero attached hydrogens (tertiary/aromatic N) is 1. The van der Waals surface area contributed by atoms with Gasteiger partial charge in [0.1, 0.15) is 19.8 Å². The first-order valence-corrected chi connectivity index (χ1v) is 2.43. The zero-order chi connectivity index (χ0) is 6.95. The van der Waals surface area contributed by atoms with Crippen molar-refractivity contribution in [3.63, 3.8) is 0 Å². The Balaban J connectivity index is -0.000000320. The number of nitriles is 1. The van der Waals surface area contributed by atoms with Gasteiger partial charge < -0.3 is 11.3 Å². The first-order valence-electron chi connectivity index (χ1n) is 2.43. The van der Waals surface area contributed by atoms with Gasteiger partial charge in [0, 0.05) is 0 Å². The van der Waals surface area contributed by atoms with E-state index in [9.17, 15) is 0 Å². The Morgan fingerprint density at radius 3 is 2.60 bits per heavy atom.